The number of nitro groups is 1. The molecule has 0 fully saturated rings. The van der Waals surface area contributed by atoms with Gasteiger partial charge in [0.2, 0.25) is 0 Å². The summed E-state index contributed by atoms with van der Waals surface area (Å²) in [7, 11) is 0. The third kappa shape index (κ3) is 1.74. The van der Waals surface area contributed by atoms with Crippen molar-refractivity contribution in [2.24, 2.45) is 0 Å². The van der Waals surface area contributed by atoms with Gasteiger partial charge in [-0.25, -0.2) is 0 Å². The number of hydrogen-bond donors (Lipinski definition) is 0. The summed E-state index contributed by atoms with van der Waals surface area (Å²) in [6.45, 7) is 0. The van der Waals surface area contributed by atoms with Gasteiger partial charge in [-0.1, -0.05) is 36.4 Å². The van der Waals surface area contributed by atoms with Crippen LogP contribution < -0.4 is 0 Å². The number of hydrogen-bond acceptors (Lipinski definition) is 4. The highest BCUT2D eigenvalue weighted by molar-refractivity contribution is 5.94. The molecule has 0 aliphatic rings. The molecule has 4 aromatic rings. The van der Waals surface area contributed by atoms with E-state index in [0.29, 0.717) is 17.0 Å². The van der Waals surface area contributed by atoms with Crippen LogP contribution in [0.3, 0.4) is 0 Å². The summed E-state index contributed by atoms with van der Waals surface area (Å²) in [6, 6.07) is 16.3. The van der Waals surface area contributed by atoms with E-state index in [1.54, 1.807) is 22.6 Å². The second kappa shape index (κ2) is 4.63. The van der Waals surface area contributed by atoms with Crippen molar-refractivity contribution in [1.82, 2.24) is 14.6 Å². The molecule has 0 atom stereocenters. The maximum Gasteiger partial charge on any atom is 0.280 e. The fourth-order valence-corrected chi connectivity index (χ4v) is 2.62. The van der Waals surface area contributed by atoms with E-state index in [2.05, 4.69) is 10.2 Å². The summed E-state index contributed by atoms with van der Waals surface area (Å²) < 4.78 is 1.78. The number of fused-ring (bicyclic) bond motifs is 3. The normalized spacial score (nSPS) is 11.1. The summed E-state index contributed by atoms with van der Waals surface area (Å²) in [5, 5.41) is 21.6. The molecule has 0 saturated heterocycles. The number of rotatable bonds is 2. The molecule has 6 heteroatoms. The van der Waals surface area contributed by atoms with E-state index >= 15 is 0 Å². The van der Waals surface area contributed by atoms with Crippen molar-refractivity contribution >= 4 is 22.1 Å². The Labute approximate surface area is 124 Å². The van der Waals surface area contributed by atoms with Crippen LogP contribution in [0, 0.1) is 10.1 Å². The molecule has 0 aliphatic heterocycles. The molecular weight excluding hydrogens is 280 g/mol. The Morgan fingerprint density at radius 2 is 1.73 bits per heavy atom. The van der Waals surface area contributed by atoms with Crippen LogP contribution in [0.25, 0.3) is 27.8 Å². The first-order chi connectivity index (χ1) is 10.8. The molecule has 0 bridgehead atoms. The first-order valence-corrected chi connectivity index (χ1v) is 6.72. The second-order valence-corrected chi connectivity index (χ2v) is 4.89. The third-order valence-corrected chi connectivity index (χ3v) is 3.64. The zero-order valence-electron chi connectivity index (χ0n) is 11.4. The van der Waals surface area contributed by atoms with Gasteiger partial charge in [-0.05, 0) is 17.5 Å². The van der Waals surface area contributed by atoms with Gasteiger partial charge in [-0.3, -0.25) is 14.5 Å². The molecule has 6 nitrogen and oxygen atoms in total. The second-order valence-electron chi connectivity index (χ2n) is 4.89. The molecule has 0 unspecified atom stereocenters. The van der Waals surface area contributed by atoms with Gasteiger partial charge in [0, 0.05) is 17.6 Å². The van der Waals surface area contributed by atoms with Crippen molar-refractivity contribution in [1.29, 1.82) is 0 Å². The molecule has 0 spiro atoms. The Hall–Kier alpha value is -3.28. The van der Waals surface area contributed by atoms with Gasteiger partial charge in [0.05, 0.1) is 10.5 Å². The Balaban J connectivity index is 2.05. The standard InChI is InChI=1S/C16H10N4O2/c21-20(22)14-8-4-3-7-13(14)16-18-17-15-12-6-2-1-5-11(12)9-10-19(15)16/h1-10H. The Morgan fingerprint density at radius 1 is 0.955 bits per heavy atom. The van der Waals surface area contributed by atoms with Crippen LogP contribution in [0.5, 0.6) is 0 Å². The zero-order chi connectivity index (χ0) is 15.1. The van der Waals surface area contributed by atoms with Gasteiger partial charge >= 0.3 is 0 Å². The Bertz CT molecular complexity index is 1020. The van der Waals surface area contributed by atoms with E-state index in [1.165, 1.54) is 6.07 Å². The molecule has 4 rings (SSSR count). The fraction of sp³-hybridized carbons (Fsp3) is 0. The van der Waals surface area contributed by atoms with Crippen LogP contribution in [0.2, 0.25) is 0 Å². The van der Waals surface area contributed by atoms with Gasteiger partial charge in [0.15, 0.2) is 11.5 Å². The van der Waals surface area contributed by atoms with Crippen LogP contribution in [0.1, 0.15) is 0 Å². The SMILES string of the molecule is O=[N+]([O-])c1ccccc1-c1nnc2c3ccccc3ccn12. The maximum absolute atomic E-state index is 11.2. The van der Waals surface area contributed by atoms with Gasteiger partial charge in [0.25, 0.3) is 5.69 Å². The monoisotopic (exact) mass is 290 g/mol. The first-order valence-electron chi connectivity index (χ1n) is 6.72. The number of para-hydroxylation sites is 1. The lowest BCUT2D eigenvalue weighted by Gasteiger charge is -2.03. The summed E-state index contributed by atoms with van der Waals surface area (Å²) >= 11 is 0. The molecule has 2 heterocycles. The van der Waals surface area contributed by atoms with Crippen LogP contribution in [0.4, 0.5) is 5.69 Å². The molecule has 0 N–H and O–H groups in total. The Morgan fingerprint density at radius 3 is 2.59 bits per heavy atom. The molecule has 0 amide bonds. The highest BCUT2D eigenvalue weighted by Crippen LogP contribution is 2.30. The van der Waals surface area contributed by atoms with Crippen molar-refractivity contribution in [2.45, 2.75) is 0 Å². The molecule has 22 heavy (non-hydrogen) atoms. The minimum atomic E-state index is -0.405. The van der Waals surface area contributed by atoms with Crippen LogP contribution in [-0.2, 0) is 0 Å². The number of benzene rings is 2. The predicted molar refractivity (Wildman–Crippen MR) is 82.6 cm³/mol. The third-order valence-electron chi connectivity index (χ3n) is 3.64. The molecule has 0 radical (unpaired) electrons. The van der Waals surface area contributed by atoms with Crippen molar-refractivity contribution in [3.05, 3.63) is 70.9 Å². The predicted octanol–water partition coefficient (Wildman–Crippen LogP) is 3.46. The topological polar surface area (TPSA) is 73.3 Å². The van der Waals surface area contributed by atoms with Crippen molar-refractivity contribution in [3.63, 3.8) is 0 Å². The quantitative estimate of drug-likeness (QED) is 0.418. The van der Waals surface area contributed by atoms with Crippen molar-refractivity contribution in [3.8, 4) is 11.4 Å². The lowest BCUT2D eigenvalue weighted by atomic mass is 10.1. The highest BCUT2D eigenvalue weighted by atomic mass is 16.6. The highest BCUT2D eigenvalue weighted by Gasteiger charge is 2.19. The van der Waals surface area contributed by atoms with Gasteiger partial charge in [-0.2, -0.15) is 0 Å². The molecule has 2 aromatic heterocycles. The van der Waals surface area contributed by atoms with Crippen LogP contribution >= 0.6 is 0 Å². The summed E-state index contributed by atoms with van der Waals surface area (Å²) in [4.78, 5) is 10.8. The van der Waals surface area contributed by atoms with E-state index < -0.39 is 4.92 Å². The average Bonchev–Trinajstić information content (AvgIpc) is 2.99. The zero-order valence-corrected chi connectivity index (χ0v) is 11.4. The summed E-state index contributed by atoms with van der Waals surface area (Å²) in [6.07, 6.45) is 1.84. The smallest absolute Gasteiger partial charge is 0.280 e. The number of aromatic nitrogens is 3. The van der Waals surface area contributed by atoms with E-state index in [1.807, 2.05) is 36.5 Å². The lowest BCUT2D eigenvalue weighted by molar-refractivity contribution is -0.384. The van der Waals surface area contributed by atoms with Crippen molar-refractivity contribution < 1.29 is 4.92 Å². The fourth-order valence-electron chi connectivity index (χ4n) is 2.62. The van der Waals surface area contributed by atoms with Crippen LogP contribution in [-0.4, -0.2) is 19.5 Å². The first kappa shape index (κ1) is 12.5. The largest absolute Gasteiger partial charge is 0.282 e. The maximum atomic E-state index is 11.2. The van der Waals surface area contributed by atoms with E-state index in [4.69, 9.17) is 0 Å². The van der Waals surface area contributed by atoms with E-state index in [9.17, 15) is 10.1 Å². The molecule has 0 saturated carbocycles. The summed E-state index contributed by atoms with van der Waals surface area (Å²) in [5.41, 5.74) is 1.16. The minimum absolute atomic E-state index is 0.0185. The number of nitro benzene ring substituents is 1. The number of pyridine rings is 1. The minimum Gasteiger partial charge on any atom is -0.282 e. The molecular formula is C16H10N4O2. The Kier molecular flexibility index (Phi) is 2.62. The lowest BCUT2D eigenvalue weighted by Crippen LogP contribution is -1.95. The van der Waals surface area contributed by atoms with E-state index in [0.717, 1.165) is 10.8 Å². The van der Waals surface area contributed by atoms with Gasteiger partial charge in [0.1, 0.15) is 0 Å². The van der Waals surface area contributed by atoms with Crippen LogP contribution in [0.15, 0.2) is 60.8 Å². The van der Waals surface area contributed by atoms with E-state index in [-0.39, 0.29) is 5.69 Å². The average molecular weight is 290 g/mol. The molecule has 2 aromatic carbocycles. The van der Waals surface area contributed by atoms with Crippen molar-refractivity contribution in [2.75, 3.05) is 0 Å². The molecule has 0 aliphatic carbocycles. The van der Waals surface area contributed by atoms with Gasteiger partial charge < -0.3 is 0 Å². The molecule has 106 valence electrons. The summed E-state index contributed by atoms with van der Waals surface area (Å²) in [5.74, 6) is 0.466. The number of nitrogens with zero attached hydrogens (tertiary/aromatic N) is 4. The van der Waals surface area contributed by atoms with Gasteiger partial charge in [-0.15, -0.1) is 10.2 Å².